The number of aliphatic hydroxyl groups is 2. The van der Waals surface area contributed by atoms with E-state index in [9.17, 15) is 67.6 Å². The van der Waals surface area contributed by atoms with Crippen LogP contribution >= 0.6 is 30.4 Å². The van der Waals surface area contributed by atoms with E-state index < -0.39 is 53.6 Å². The van der Waals surface area contributed by atoms with Crippen LogP contribution in [0.5, 0.6) is 0 Å². The van der Waals surface area contributed by atoms with Gasteiger partial charge >= 0.3 is 207 Å². The molecule has 0 aromatic carbocycles. The van der Waals surface area contributed by atoms with Gasteiger partial charge in [0, 0.05) is 0 Å². The van der Waals surface area contributed by atoms with Gasteiger partial charge in [-0.25, -0.2) is 9.13 Å². The first-order chi connectivity index (χ1) is 11.7. The molecular formula is C7H9N2Na7O14P4. The van der Waals surface area contributed by atoms with Crippen LogP contribution in [0.4, 0.5) is 0 Å². The summed E-state index contributed by atoms with van der Waals surface area (Å²) in [6.45, 7) is -3.43. The molecule has 1 aromatic rings. The van der Waals surface area contributed by atoms with Gasteiger partial charge in [-0.3, -0.25) is 0 Å². The van der Waals surface area contributed by atoms with Gasteiger partial charge in [0.2, 0.25) is 6.33 Å². The Hall–Kier alpha value is 6.73. The zero-order chi connectivity index (χ0) is 21.7. The summed E-state index contributed by atoms with van der Waals surface area (Å²) in [7, 11) is -25.8. The van der Waals surface area contributed by atoms with E-state index in [1.165, 1.54) is 0 Å². The molecule has 0 aliphatic heterocycles. The predicted octanol–water partition coefficient (Wildman–Crippen LogP) is -29.2. The molecule has 0 saturated heterocycles. The van der Waals surface area contributed by atoms with Crippen LogP contribution in [0, 0.1) is 0 Å². The Labute approximate surface area is 348 Å². The number of rotatable bonds is 8. The summed E-state index contributed by atoms with van der Waals surface area (Å²) in [6.07, 6.45) is 1.63. The van der Waals surface area contributed by atoms with Crippen LogP contribution in [0.1, 0.15) is 0 Å². The summed E-state index contributed by atoms with van der Waals surface area (Å²) in [4.78, 5) is 87.6. The van der Waals surface area contributed by atoms with Crippen molar-refractivity contribution in [1.29, 1.82) is 0 Å². The van der Waals surface area contributed by atoms with Gasteiger partial charge in [0.25, 0.3) is 0 Å². The molecule has 0 saturated carbocycles. The predicted molar refractivity (Wildman–Crippen MR) is 65.0 cm³/mol. The summed E-state index contributed by atoms with van der Waals surface area (Å²) in [6, 6.07) is 0. The minimum absolute atomic E-state index is 0. The van der Waals surface area contributed by atoms with E-state index in [4.69, 9.17) is 0 Å². The molecule has 158 valence electrons. The first kappa shape index (κ1) is 56.5. The van der Waals surface area contributed by atoms with Crippen LogP contribution in [0.15, 0.2) is 18.7 Å². The van der Waals surface area contributed by atoms with Crippen LogP contribution in [-0.2, 0) is 31.3 Å². The number of imidazole rings is 1. The number of aromatic nitrogens is 2. The van der Waals surface area contributed by atoms with E-state index in [1.54, 1.807) is 0 Å². The first-order valence-electron chi connectivity index (χ1n) is 6.24. The Balaban J connectivity index is -0.000000208. The maximum absolute atomic E-state index is 11.0. The number of hydrogen-bond donors (Lipinski definition) is 2. The third kappa shape index (κ3) is 14.5. The normalized spacial score (nSPS) is 12.1. The number of hydrogen-bond acceptors (Lipinski definition) is 14. The van der Waals surface area contributed by atoms with Crippen molar-refractivity contribution >= 4 is 30.4 Å². The standard InChI is InChI=1S/C7H16N2O14P4.7Na/c10-6(24(12,13)14,25(15,16)17)3-8-1-2-9(5-8)4-7(11,26(18,19)20)27(21,22)23;;;;;;;/h1-2,5,10-11H,3-4H2,(H7-,12,13,14,15,16,17,18,19,20,21,22,23);;;;;;;/q;7*+1/p-7. The van der Waals surface area contributed by atoms with Crippen LogP contribution in [0.25, 0.3) is 0 Å². The maximum Gasteiger partial charge on any atom is 1.00 e. The van der Waals surface area contributed by atoms with Crippen molar-refractivity contribution in [2.45, 2.75) is 23.3 Å². The molecule has 16 nitrogen and oxygen atoms in total. The second-order valence-electron chi connectivity index (χ2n) is 5.30. The fourth-order valence-electron chi connectivity index (χ4n) is 1.76. The van der Waals surface area contributed by atoms with Gasteiger partial charge in [-0.2, -0.15) is 0 Å². The fraction of sp³-hybridized carbons (Fsp3) is 0.571. The Morgan fingerprint density at radius 3 is 1.21 bits per heavy atom. The molecular weight excluding hydrogens is 621 g/mol. The monoisotopic (exact) mass is 630 g/mol. The zero-order valence-electron chi connectivity index (χ0n) is 19.6. The minimum atomic E-state index is -6.46. The molecule has 0 radical (unpaired) electrons. The molecule has 0 aliphatic carbocycles. The molecule has 0 bridgehead atoms. The summed E-state index contributed by atoms with van der Waals surface area (Å²) >= 11 is 0. The van der Waals surface area contributed by atoms with Crippen molar-refractivity contribution in [1.82, 2.24) is 4.57 Å². The van der Waals surface area contributed by atoms with E-state index in [0.29, 0.717) is 27.9 Å². The third-order valence-corrected chi connectivity index (χ3v) is 10.3. The van der Waals surface area contributed by atoms with E-state index in [0.717, 1.165) is 0 Å². The van der Waals surface area contributed by atoms with E-state index in [-0.39, 0.29) is 207 Å². The van der Waals surface area contributed by atoms with Crippen LogP contribution in [0.3, 0.4) is 0 Å². The van der Waals surface area contributed by atoms with Crippen molar-refractivity contribution in [3.05, 3.63) is 18.7 Å². The smallest absolute Gasteiger partial charge is 0.808 e. The van der Waals surface area contributed by atoms with E-state index in [2.05, 4.69) is 0 Å². The zero-order valence-corrected chi connectivity index (χ0v) is 37.2. The van der Waals surface area contributed by atoms with Gasteiger partial charge in [-0.05, 0) is 30.4 Å². The first-order valence-corrected chi connectivity index (χ1v) is 12.4. The van der Waals surface area contributed by atoms with Crippen LogP contribution in [0.2, 0.25) is 0 Å². The summed E-state index contributed by atoms with van der Waals surface area (Å²) in [5.41, 5.74) is 0. The molecule has 27 heteroatoms. The summed E-state index contributed by atoms with van der Waals surface area (Å²) in [5.74, 6) is 0. The molecule has 0 atom stereocenters. The van der Waals surface area contributed by atoms with Gasteiger partial charge in [-0.1, -0.05) is 0 Å². The molecule has 1 aromatic heterocycles. The molecule has 1 heterocycles. The second kappa shape index (κ2) is 20.6. The molecule has 2 N–H and O–H groups in total. The van der Waals surface area contributed by atoms with Crippen molar-refractivity contribution < 1.29 is 279 Å². The molecule has 0 fully saturated rings. The Morgan fingerprint density at radius 2 is 0.941 bits per heavy atom. The van der Waals surface area contributed by atoms with Crippen LogP contribution in [-0.4, -0.2) is 24.9 Å². The minimum Gasteiger partial charge on any atom is -0.808 e. The molecule has 34 heavy (non-hydrogen) atoms. The van der Waals surface area contributed by atoms with Gasteiger partial charge in [0.15, 0.2) is 10.2 Å². The largest absolute Gasteiger partial charge is 1.00 e. The van der Waals surface area contributed by atoms with Gasteiger partial charge in [0.1, 0.15) is 25.5 Å². The quantitative estimate of drug-likeness (QED) is 0.153. The molecule has 0 unspecified atom stereocenters. The molecule has 0 spiro atoms. The average Bonchev–Trinajstić information content (AvgIpc) is 2.80. The summed E-state index contributed by atoms with van der Waals surface area (Å²) in [5, 5.41) is 10.3. The SMILES string of the molecule is O=P([O-])([O-])C(O)(Cn1cc[n+](CC(O)(P(=O)([O-])[O-])P(=O)([O-])[O-])c1)P(=O)([O-])[O-].[Na+].[Na+].[Na+].[Na+].[Na+].[Na+].[Na+]. The van der Waals surface area contributed by atoms with Crippen molar-refractivity contribution in [2.75, 3.05) is 0 Å². The average molecular weight is 630 g/mol. The number of nitrogens with zero attached hydrogens (tertiary/aromatic N) is 2. The van der Waals surface area contributed by atoms with Crippen LogP contribution < -0.4 is 251 Å². The van der Waals surface area contributed by atoms with Gasteiger partial charge in [0.05, 0.1) is 0 Å². The van der Waals surface area contributed by atoms with E-state index in [1.807, 2.05) is 0 Å². The third-order valence-electron chi connectivity index (χ3n) is 3.29. The summed E-state index contributed by atoms with van der Waals surface area (Å²) < 4.78 is 44.4. The molecule has 0 amide bonds. The topological polar surface area (TPSA) is 302 Å². The van der Waals surface area contributed by atoms with Crippen molar-refractivity contribution in [3.8, 4) is 0 Å². The molecule has 1 rings (SSSR count). The second-order valence-corrected chi connectivity index (χ2v) is 12.9. The maximum atomic E-state index is 11.0. The Kier molecular flexibility index (Phi) is 34.3. The van der Waals surface area contributed by atoms with E-state index >= 15 is 0 Å². The van der Waals surface area contributed by atoms with Gasteiger partial charge in [-0.15, -0.1) is 0 Å². The molecule has 0 aliphatic rings. The Morgan fingerprint density at radius 1 is 0.647 bits per heavy atom. The van der Waals surface area contributed by atoms with Crippen molar-refractivity contribution in [3.63, 3.8) is 0 Å². The van der Waals surface area contributed by atoms with Crippen molar-refractivity contribution in [2.24, 2.45) is 0 Å². The fourth-order valence-corrected chi connectivity index (χ4v) is 5.51. The van der Waals surface area contributed by atoms with Gasteiger partial charge < -0.3 is 67.6 Å². The Bertz CT molecular complexity index is 795.